The number of halogens is 2. The van der Waals surface area contributed by atoms with E-state index in [0.717, 1.165) is 25.9 Å². The molecule has 0 unspecified atom stereocenters. The molecule has 1 aromatic rings. The maximum absolute atomic E-state index is 12.0. The second-order valence-corrected chi connectivity index (χ2v) is 5.92. The number of likely N-dealkylation sites (tertiary alicyclic amines) is 1. The quantitative estimate of drug-likeness (QED) is 0.897. The maximum atomic E-state index is 12.0. The molecule has 1 aliphatic heterocycles. The fraction of sp³-hybridized carbons (Fsp3) is 0.500. The number of hydrogen-bond donors (Lipinski definition) is 2. The first-order valence-electron chi connectivity index (χ1n) is 6.66. The number of benzene rings is 1. The molecule has 110 valence electrons. The third kappa shape index (κ3) is 4.35. The molecule has 20 heavy (non-hydrogen) atoms. The van der Waals surface area contributed by atoms with Gasteiger partial charge < -0.3 is 10.4 Å². The number of carbonyl (C=O) groups is 1. The second-order valence-electron chi connectivity index (χ2n) is 5.07. The number of aliphatic hydroxyl groups excluding tert-OH is 1. The lowest BCUT2D eigenvalue weighted by atomic mass is 9.98. The Hall–Kier alpha value is -0.810. The molecule has 4 nitrogen and oxygen atoms in total. The number of anilines is 1. The summed E-state index contributed by atoms with van der Waals surface area (Å²) in [6, 6.07) is 4.98. The molecule has 0 aromatic heterocycles. The highest BCUT2D eigenvalue weighted by atomic mass is 35.5. The van der Waals surface area contributed by atoms with Crippen molar-refractivity contribution in [1.82, 2.24) is 4.90 Å². The normalized spacial score (nSPS) is 17.1. The summed E-state index contributed by atoms with van der Waals surface area (Å²) in [4.78, 5) is 14.1. The molecule has 0 spiro atoms. The van der Waals surface area contributed by atoms with E-state index in [9.17, 15) is 4.79 Å². The highest BCUT2D eigenvalue weighted by Crippen LogP contribution is 2.25. The Labute approximate surface area is 128 Å². The number of rotatable bonds is 4. The van der Waals surface area contributed by atoms with Gasteiger partial charge >= 0.3 is 0 Å². The summed E-state index contributed by atoms with van der Waals surface area (Å²) < 4.78 is 0. The SMILES string of the molecule is O=C(CN1CCC(CO)CC1)Nc1cc(Cl)ccc1Cl. The van der Waals surface area contributed by atoms with Crippen molar-refractivity contribution < 1.29 is 9.90 Å². The van der Waals surface area contributed by atoms with Crippen LogP contribution in [-0.4, -0.2) is 42.2 Å². The Morgan fingerprint density at radius 2 is 2.05 bits per heavy atom. The number of aliphatic hydroxyl groups is 1. The van der Waals surface area contributed by atoms with Gasteiger partial charge in [-0.1, -0.05) is 23.2 Å². The van der Waals surface area contributed by atoms with Gasteiger partial charge in [-0.25, -0.2) is 0 Å². The van der Waals surface area contributed by atoms with Crippen molar-refractivity contribution in [3.8, 4) is 0 Å². The zero-order valence-corrected chi connectivity index (χ0v) is 12.6. The standard InChI is InChI=1S/C14H18Cl2N2O2/c15-11-1-2-12(16)13(7-11)17-14(20)8-18-5-3-10(9-19)4-6-18/h1-2,7,10,19H,3-6,8-9H2,(H,17,20). The molecule has 0 aliphatic carbocycles. The molecular formula is C14H18Cl2N2O2. The molecule has 1 aromatic carbocycles. The van der Waals surface area contributed by atoms with Gasteiger partial charge in [0.05, 0.1) is 17.3 Å². The molecule has 2 rings (SSSR count). The van der Waals surface area contributed by atoms with Crippen LogP contribution in [0.1, 0.15) is 12.8 Å². The van der Waals surface area contributed by atoms with Gasteiger partial charge in [0.25, 0.3) is 0 Å². The van der Waals surface area contributed by atoms with Crippen LogP contribution in [0.25, 0.3) is 0 Å². The van der Waals surface area contributed by atoms with Crippen molar-refractivity contribution >= 4 is 34.8 Å². The smallest absolute Gasteiger partial charge is 0.238 e. The van der Waals surface area contributed by atoms with Crippen LogP contribution in [0.2, 0.25) is 10.0 Å². The molecule has 6 heteroatoms. The van der Waals surface area contributed by atoms with E-state index in [1.807, 2.05) is 0 Å². The van der Waals surface area contributed by atoms with Gasteiger partial charge in [-0.05, 0) is 50.0 Å². The van der Waals surface area contributed by atoms with E-state index in [-0.39, 0.29) is 12.5 Å². The summed E-state index contributed by atoms with van der Waals surface area (Å²) in [6.07, 6.45) is 1.86. The van der Waals surface area contributed by atoms with Crippen molar-refractivity contribution in [3.63, 3.8) is 0 Å². The molecule has 1 aliphatic rings. The molecule has 2 N–H and O–H groups in total. The first-order valence-corrected chi connectivity index (χ1v) is 7.42. The van der Waals surface area contributed by atoms with Gasteiger partial charge in [-0.15, -0.1) is 0 Å². The fourth-order valence-corrected chi connectivity index (χ4v) is 2.65. The van der Waals surface area contributed by atoms with Crippen LogP contribution >= 0.6 is 23.2 Å². The van der Waals surface area contributed by atoms with Crippen molar-refractivity contribution in [2.45, 2.75) is 12.8 Å². The largest absolute Gasteiger partial charge is 0.396 e. The van der Waals surface area contributed by atoms with Gasteiger partial charge in [0.15, 0.2) is 0 Å². The first-order chi connectivity index (χ1) is 9.58. The number of carbonyl (C=O) groups excluding carboxylic acids is 1. The first kappa shape index (κ1) is 15.6. The fourth-order valence-electron chi connectivity index (χ4n) is 2.31. The highest BCUT2D eigenvalue weighted by Gasteiger charge is 2.20. The van der Waals surface area contributed by atoms with Crippen LogP contribution < -0.4 is 5.32 Å². The van der Waals surface area contributed by atoms with Crippen molar-refractivity contribution in [2.24, 2.45) is 5.92 Å². The Morgan fingerprint density at radius 3 is 2.70 bits per heavy atom. The Morgan fingerprint density at radius 1 is 1.35 bits per heavy atom. The van der Waals surface area contributed by atoms with Crippen molar-refractivity contribution in [3.05, 3.63) is 28.2 Å². The molecule has 0 radical (unpaired) electrons. The molecule has 1 amide bonds. The average Bonchev–Trinajstić information content (AvgIpc) is 2.43. The van der Waals surface area contributed by atoms with Crippen molar-refractivity contribution in [2.75, 3.05) is 31.6 Å². The summed E-state index contributed by atoms with van der Waals surface area (Å²) in [5, 5.41) is 12.9. The zero-order chi connectivity index (χ0) is 14.5. The maximum Gasteiger partial charge on any atom is 0.238 e. The van der Waals surface area contributed by atoms with Crippen LogP contribution in [-0.2, 0) is 4.79 Å². The average molecular weight is 317 g/mol. The van der Waals surface area contributed by atoms with Gasteiger partial charge in [-0.3, -0.25) is 9.69 Å². The predicted molar refractivity (Wildman–Crippen MR) is 81.3 cm³/mol. The van der Waals surface area contributed by atoms with Gasteiger partial charge in [0.1, 0.15) is 0 Å². The second kappa shape index (κ2) is 7.27. The lowest BCUT2D eigenvalue weighted by molar-refractivity contribution is -0.117. The Balaban J connectivity index is 1.85. The summed E-state index contributed by atoms with van der Waals surface area (Å²) in [7, 11) is 0. The van der Waals surface area contributed by atoms with E-state index < -0.39 is 0 Å². The van der Waals surface area contributed by atoms with Crippen LogP contribution in [0.5, 0.6) is 0 Å². The van der Waals surface area contributed by atoms with Gasteiger partial charge in [0.2, 0.25) is 5.91 Å². The van der Waals surface area contributed by atoms with Crippen LogP contribution in [0.4, 0.5) is 5.69 Å². The topological polar surface area (TPSA) is 52.6 Å². The van der Waals surface area contributed by atoms with Crippen LogP contribution in [0.3, 0.4) is 0 Å². The van der Waals surface area contributed by atoms with E-state index in [0.29, 0.717) is 28.2 Å². The summed E-state index contributed by atoms with van der Waals surface area (Å²) in [5.74, 6) is 0.272. The van der Waals surface area contributed by atoms with E-state index in [1.54, 1.807) is 18.2 Å². The van der Waals surface area contributed by atoms with Gasteiger partial charge in [0, 0.05) is 11.6 Å². The minimum absolute atomic E-state index is 0.100. The third-order valence-electron chi connectivity index (χ3n) is 3.54. The number of hydrogen-bond acceptors (Lipinski definition) is 3. The molecule has 0 bridgehead atoms. The Kier molecular flexibility index (Phi) is 5.66. The lowest BCUT2D eigenvalue weighted by Gasteiger charge is -2.30. The molecule has 1 fully saturated rings. The van der Waals surface area contributed by atoms with Crippen LogP contribution in [0.15, 0.2) is 18.2 Å². The lowest BCUT2D eigenvalue weighted by Crippen LogP contribution is -2.39. The molecule has 1 saturated heterocycles. The molecule has 1 heterocycles. The number of amides is 1. The summed E-state index contributed by atoms with van der Waals surface area (Å²) >= 11 is 11.9. The monoisotopic (exact) mass is 316 g/mol. The minimum Gasteiger partial charge on any atom is -0.396 e. The number of nitrogens with one attached hydrogen (secondary N) is 1. The van der Waals surface area contributed by atoms with E-state index in [1.165, 1.54) is 0 Å². The molecule has 0 atom stereocenters. The summed E-state index contributed by atoms with van der Waals surface area (Å²) in [5.41, 5.74) is 0.536. The van der Waals surface area contributed by atoms with E-state index in [2.05, 4.69) is 10.2 Å². The van der Waals surface area contributed by atoms with E-state index >= 15 is 0 Å². The third-order valence-corrected chi connectivity index (χ3v) is 4.10. The molecular weight excluding hydrogens is 299 g/mol. The van der Waals surface area contributed by atoms with E-state index in [4.69, 9.17) is 28.3 Å². The Bertz CT molecular complexity index is 474. The minimum atomic E-state index is -0.100. The van der Waals surface area contributed by atoms with Crippen molar-refractivity contribution in [1.29, 1.82) is 0 Å². The summed E-state index contributed by atoms with van der Waals surface area (Å²) in [6.45, 7) is 2.24. The number of piperidine rings is 1. The highest BCUT2D eigenvalue weighted by molar-refractivity contribution is 6.35. The molecule has 0 saturated carbocycles. The predicted octanol–water partition coefficient (Wildman–Crippen LogP) is 2.64. The number of nitrogens with zero attached hydrogens (tertiary/aromatic N) is 1. The van der Waals surface area contributed by atoms with Crippen LogP contribution in [0, 0.1) is 5.92 Å². The zero-order valence-electron chi connectivity index (χ0n) is 11.1. The van der Waals surface area contributed by atoms with Gasteiger partial charge in [-0.2, -0.15) is 0 Å².